The minimum atomic E-state index is -0.470. The molecule has 1 saturated heterocycles. The smallest absolute Gasteiger partial charge is 0.329 e. The molecule has 0 unspecified atom stereocenters. The number of rotatable bonds is 7. The van der Waals surface area contributed by atoms with Crippen molar-refractivity contribution in [3.05, 3.63) is 81.0 Å². The van der Waals surface area contributed by atoms with E-state index >= 15 is 0 Å². The van der Waals surface area contributed by atoms with Crippen molar-refractivity contribution in [2.45, 2.75) is 18.3 Å². The number of oxazole rings is 1. The van der Waals surface area contributed by atoms with Crippen molar-refractivity contribution >= 4 is 40.0 Å². The number of fused-ring (bicyclic) bond motifs is 2. The van der Waals surface area contributed by atoms with Gasteiger partial charge in [0.05, 0.1) is 0 Å². The van der Waals surface area contributed by atoms with Gasteiger partial charge in [0, 0.05) is 52.1 Å². The van der Waals surface area contributed by atoms with Crippen LogP contribution in [0.1, 0.15) is 5.56 Å². The summed E-state index contributed by atoms with van der Waals surface area (Å²) >= 11 is 1.49. The highest BCUT2D eigenvalue weighted by Gasteiger charge is 2.25. The Morgan fingerprint density at radius 3 is 2.51 bits per heavy atom. The third-order valence-corrected chi connectivity index (χ3v) is 7.51. The van der Waals surface area contributed by atoms with Crippen molar-refractivity contribution in [1.82, 2.24) is 29.0 Å². The number of hydrogen-bond acceptors (Lipinski definition) is 8. The molecule has 0 bridgehead atoms. The summed E-state index contributed by atoms with van der Waals surface area (Å²) in [5.41, 5.74) is 2.76. The van der Waals surface area contributed by atoms with E-state index in [1.165, 1.54) is 21.9 Å². The van der Waals surface area contributed by atoms with Crippen molar-refractivity contribution in [3.8, 4) is 0 Å². The third-order valence-electron chi connectivity index (χ3n) is 6.71. The number of hydrogen-bond donors (Lipinski definition) is 1. The van der Waals surface area contributed by atoms with Crippen molar-refractivity contribution in [2.24, 2.45) is 7.05 Å². The summed E-state index contributed by atoms with van der Waals surface area (Å²) in [5, 5.41) is 0.586. The molecule has 0 atom stereocenters. The Morgan fingerprint density at radius 1 is 0.973 bits per heavy atom. The molecule has 10 nitrogen and oxygen atoms in total. The zero-order valence-corrected chi connectivity index (χ0v) is 21.3. The van der Waals surface area contributed by atoms with E-state index in [1.54, 1.807) is 7.05 Å². The van der Waals surface area contributed by atoms with Gasteiger partial charge >= 0.3 is 5.69 Å². The van der Waals surface area contributed by atoms with Crippen LogP contribution >= 0.6 is 11.8 Å². The number of aryl methyl sites for hydroxylation is 2. The molecule has 37 heavy (non-hydrogen) atoms. The standard InChI is InChI=1S/C26H27N7O3S/c1-30-22-21(23(34)29-25(30)35)33(15-16-37-26-27-19-9-5-6-10-20(19)36-26)24(28-22)32-13-11-31(12-14-32)17-18-7-3-2-4-8-18/h2-10H,11-17H2,1H3,(H,29,34,35). The summed E-state index contributed by atoms with van der Waals surface area (Å²) in [4.78, 5) is 41.5. The Kier molecular flexibility index (Phi) is 6.31. The van der Waals surface area contributed by atoms with Crippen molar-refractivity contribution in [1.29, 1.82) is 0 Å². The fraction of sp³-hybridized carbons (Fsp3) is 0.308. The molecule has 190 valence electrons. The predicted molar refractivity (Wildman–Crippen MR) is 144 cm³/mol. The summed E-state index contributed by atoms with van der Waals surface area (Å²) < 4.78 is 9.16. The fourth-order valence-electron chi connectivity index (χ4n) is 4.76. The Bertz CT molecular complexity index is 1630. The van der Waals surface area contributed by atoms with Gasteiger partial charge < -0.3 is 13.9 Å². The number of anilines is 1. The first-order valence-corrected chi connectivity index (χ1v) is 13.2. The number of para-hydroxylation sites is 2. The summed E-state index contributed by atoms with van der Waals surface area (Å²) in [6.07, 6.45) is 0. The molecular formula is C26H27N7O3S. The van der Waals surface area contributed by atoms with Gasteiger partial charge in [0.15, 0.2) is 16.7 Å². The van der Waals surface area contributed by atoms with Gasteiger partial charge in [-0.2, -0.15) is 4.98 Å². The first-order chi connectivity index (χ1) is 18.1. The van der Waals surface area contributed by atoms with E-state index in [0.717, 1.165) is 43.8 Å². The largest absolute Gasteiger partial charge is 0.431 e. The molecule has 11 heteroatoms. The minimum absolute atomic E-state index is 0.391. The molecule has 0 saturated carbocycles. The highest BCUT2D eigenvalue weighted by molar-refractivity contribution is 7.99. The lowest BCUT2D eigenvalue weighted by atomic mass is 10.2. The van der Waals surface area contributed by atoms with Gasteiger partial charge in [-0.25, -0.2) is 9.78 Å². The summed E-state index contributed by atoms with van der Waals surface area (Å²) in [7, 11) is 1.63. The number of aromatic nitrogens is 5. The molecule has 0 radical (unpaired) electrons. The van der Waals surface area contributed by atoms with Gasteiger partial charge in [-0.3, -0.25) is 19.2 Å². The lowest BCUT2D eigenvalue weighted by Crippen LogP contribution is -2.47. The van der Waals surface area contributed by atoms with E-state index in [1.807, 2.05) is 34.9 Å². The SMILES string of the molecule is Cn1c(=O)[nH]c(=O)c2c1nc(N1CCN(Cc3ccccc3)CC1)n2CCSc1nc2ccccc2o1. The van der Waals surface area contributed by atoms with E-state index in [9.17, 15) is 9.59 Å². The van der Waals surface area contributed by atoms with Crippen molar-refractivity contribution in [2.75, 3.05) is 36.8 Å². The van der Waals surface area contributed by atoms with Crippen LogP contribution in [0.25, 0.3) is 22.3 Å². The van der Waals surface area contributed by atoms with Gasteiger partial charge in [-0.1, -0.05) is 54.2 Å². The Balaban J connectivity index is 1.24. The number of benzene rings is 2. The molecular weight excluding hydrogens is 490 g/mol. The summed E-state index contributed by atoms with van der Waals surface area (Å²) in [6, 6.07) is 18.1. The topological polar surface area (TPSA) is 105 Å². The van der Waals surface area contributed by atoms with Crippen molar-refractivity contribution in [3.63, 3.8) is 0 Å². The molecule has 0 amide bonds. The summed E-state index contributed by atoms with van der Waals surface area (Å²) in [6.45, 7) is 4.73. The maximum absolute atomic E-state index is 12.9. The number of thioether (sulfide) groups is 1. The van der Waals surface area contributed by atoms with E-state index in [0.29, 0.717) is 34.6 Å². The average Bonchev–Trinajstić information content (AvgIpc) is 3.50. The van der Waals surface area contributed by atoms with Crippen LogP contribution in [0.15, 0.2) is 73.8 Å². The lowest BCUT2D eigenvalue weighted by Gasteiger charge is -2.35. The highest BCUT2D eigenvalue weighted by atomic mass is 32.2. The van der Waals surface area contributed by atoms with Crippen LogP contribution in [0.4, 0.5) is 5.95 Å². The molecule has 1 aliphatic heterocycles. The number of nitrogens with zero attached hydrogens (tertiary/aromatic N) is 6. The first-order valence-electron chi connectivity index (χ1n) is 12.3. The van der Waals surface area contributed by atoms with Gasteiger partial charge in [-0.05, 0) is 17.7 Å². The van der Waals surface area contributed by atoms with Crippen LogP contribution < -0.4 is 16.1 Å². The summed E-state index contributed by atoms with van der Waals surface area (Å²) in [5.74, 6) is 1.33. The number of aromatic amines is 1. The molecule has 5 aromatic rings. The van der Waals surface area contributed by atoms with E-state index in [2.05, 4.69) is 44.0 Å². The maximum Gasteiger partial charge on any atom is 0.329 e. The van der Waals surface area contributed by atoms with Gasteiger partial charge in [-0.15, -0.1) is 0 Å². The van der Waals surface area contributed by atoms with Crippen LogP contribution in [-0.4, -0.2) is 60.9 Å². The molecule has 2 aromatic carbocycles. The highest BCUT2D eigenvalue weighted by Crippen LogP contribution is 2.26. The van der Waals surface area contributed by atoms with E-state index in [-0.39, 0.29) is 0 Å². The second kappa shape index (κ2) is 9.91. The third kappa shape index (κ3) is 4.67. The van der Waals surface area contributed by atoms with Crippen LogP contribution in [0.2, 0.25) is 0 Å². The monoisotopic (exact) mass is 517 g/mol. The quantitative estimate of drug-likeness (QED) is 0.329. The fourth-order valence-corrected chi connectivity index (χ4v) is 5.52. The van der Waals surface area contributed by atoms with Crippen molar-refractivity contribution < 1.29 is 4.42 Å². The zero-order chi connectivity index (χ0) is 25.4. The van der Waals surface area contributed by atoms with Gasteiger partial charge in [0.1, 0.15) is 5.52 Å². The van der Waals surface area contributed by atoms with Crippen LogP contribution in [-0.2, 0) is 20.1 Å². The molecule has 4 heterocycles. The number of imidazole rings is 1. The average molecular weight is 518 g/mol. The molecule has 1 fully saturated rings. The predicted octanol–water partition coefficient (Wildman–Crippen LogP) is 2.68. The number of H-pyrrole nitrogens is 1. The Hall–Kier alpha value is -3.83. The Labute approximate surface area is 216 Å². The second-order valence-electron chi connectivity index (χ2n) is 9.10. The lowest BCUT2D eigenvalue weighted by molar-refractivity contribution is 0.248. The van der Waals surface area contributed by atoms with Gasteiger partial charge in [0.2, 0.25) is 5.95 Å². The number of piperazine rings is 1. The Morgan fingerprint density at radius 2 is 1.73 bits per heavy atom. The maximum atomic E-state index is 12.9. The van der Waals surface area contributed by atoms with Crippen LogP contribution in [0, 0.1) is 0 Å². The van der Waals surface area contributed by atoms with Crippen LogP contribution in [0.3, 0.4) is 0 Å². The molecule has 0 aliphatic carbocycles. The first kappa shape index (κ1) is 23.6. The number of nitrogens with one attached hydrogen (secondary N) is 1. The van der Waals surface area contributed by atoms with E-state index < -0.39 is 11.2 Å². The normalized spacial score (nSPS) is 14.7. The minimum Gasteiger partial charge on any atom is -0.431 e. The van der Waals surface area contributed by atoms with Gasteiger partial charge in [0.25, 0.3) is 10.8 Å². The molecule has 1 N–H and O–H groups in total. The molecule has 0 spiro atoms. The molecule has 6 rings (SSSR count). The zero-order valence-electron chi connectivity index (χ0n) is 20.5. The molecule has 3 aromatic heterocycles. The molecule has 1 aliphatic rings. The second-order valence-corrected chi connectivity index (χ2v) is 10.1. The van der Waals surface area contributed by atoms with E-state index in [4.69, 9.17) is 9.40 Å². The van der Waals surface area contributed by atoms with Crippen LogP contribution in [0.5, 0.6) is 0 Å².